The summed E-state index contributed by atoms with van der Waals surface area (Å²) in [6, 6.07) is 6.34. The molecule has 82 valence electrons. The summed E-state index contributed by atoms with van der Waals surface area (Å²) < 4.78 is 0. The molecule has 0 aliphatic carbocycles. The minimum atomic E-state index is 0.0162. The van der Waals surface area contributed by atoms with Gasteiger partial charge in [0.25, 0.3) is 0 Å². The Kier molecular flexibility index (Phi) is 4.33. The number of benzene rings is 1. The van der Waals surface area contributed by atoms with Crippen LogP contribution in [0.4, 0.5) is 0 Å². The largest absolute Gasteiger partial charge is 0.349 e. The molecule has 0 saturated carbocycles. The standard InChI is InChI=1S/C12H16BrNO/c1-8-4-5-11(9(2)6-8)10(3)14-12(15)7-13/h4-6,10H,7H2,1-3H3,(H,14,15). The van der Waals surface area contributed by atoms with Crippen LogP contribution in [0.1, 0.15) is 29.7 Å². The van der Waals surface area contributed by atoms with E-state index >= 15 is 0 Å². The molecule has 0 bridgehead atoms. The highest BCUT2D eigenvalue weighted by molar-refractivity contribution is 9.09. The summed E-state index contributed by atoms with van der Waals surface area (Å²) in [5.41, 5.74) is 3.64. The molecule has 1 unspecified atom stereocenters. The molecule has 3 heteroatoms. The monoisotopic (exact) mass is 269 g/mol. The van der Waals surface area contributed by atoms with Gasteiger partial charge < -0.3 is 5.32 Å². The van der Waals surface area contributed by atoms with Gasteiger partial charge in [-0.25, -0.2) is 0 Å². The van der Waals surface area contributed by atoms with Gasteiger partial charge in [-0.2, -0.15) is 0 Å². The van der Waals surface area contributed by atoms with Crippen LogP contribution in [0.25, 0.3) is 0 Å². The summed E-state index contributed by atoms with van der Waals surface area (Å²) in [5, 5.41) is 3.27. The Morgan fingerprint density at radius 1 is 1.47 bits per heavy atom. The number of amides is 1. The van der Waals surface area contributed by atoms with Crippen LogP contribution in [-0.2, 0) is 4.79 Å². The zero-order chi connectivity index (χ0) is 11.4. The molecule has 0 aliphatic rings. The van der Waals surface area contributed by atoms with E-state index in [4.69, 9.17) is 0 Å². The van der Waals surface area contributed by atoms with E-state index < -0.39 is 0 Å². The fourth-order valence-corrected chi connectivity index (χ4v) is 1.83. The molecule has 1 aromatic rings. The van der Waals surface area contributed by atoms with Gasteiger partial charge in [-0.15, -0.1) is 0 Å². The van der Waals surface area contributed by atoms with Gasteiger partial charge in [-0.3, -0.25) is 4.79 Å². The fourth-order valence-electron chi connectivity index (χ4n) is 1.67. The Bertz CT molecular complexity index is 363. The van der Waals surface area contributed by atoms with Gasteiger partial charge >= 0.3 is 0 Å². The van der Waals surface area contributed by atoms with Crippen molar-refractivity contribution in [3.8, 4) is 0 Å². The molecule has 1 aromatic carbocycles. The molecule has 1 N–H and O–H groups in total. The number of hydrogen-bond donors (Lipinski definition) is 1. The van der Waals surface area contributed by atoms with Crippen molar-refractivity contribution >= 4 is 21.8 Å². The molecule has 0 saturated heterocycles. The molecule has 15 heavy (non-hydrogen) atoms. The first kappa shape index (κ1) is 12.2. The van der Waals surface area contributed by atoms with Crippen LogP contribution in [0.3, 0.4) is 0 Å². The molecule has 1 atom stereocenters. The van der Waals surface area contributed by atoms with Gasteiger partial charge in [0.2, 0.25) is 5.91 Å². The van der Waals surface area contributed by atoms with Gasteiger partial charge in [-0.1, -0.05) is 39.7 Å². The smallest absolute Gasteiger partial charge is 0.231 e. The lowest BCUT2D eigenvalue weighted by molar-refractivity contribution is -0.119. The third kappa shape index (κ3) is 3.34. The lowest BCUT2D eigenvalue weighted by Crippen LogP contribution is -2.27. The summed E-state index contributed by atoms with van der Waals surface area (Å²) >= 11 is 3.13. The number of nitrogens with one attached hydrogen (secondary N) is 1. The lowest BCUT2D eigenvalue weighted by atomic mass is 10.0. The number of aryl methyl sites for hydroxylation is 2. The molecule has 0 aliphatic heterocycles. The Morgan fingerprint density at radius 2 is 2.13 bits per heavy atom. The number of rotatable bonds is 3. The zero-order valence-electron chi connectivity index (χ0n) is 9.30. The average molecular weight is 270 g/mol. The van der Waals surface area contributed by atoms with Crippen molar-refractivity contribution in [2.75, 3.05) is 5.33 Å². The van der Waals surface area contributed by atoms with Crippen LogP contribution in [0, 0.1) is 13.8 Å². The van der Waals surface area contributed by atoms with Crippen LogP contribution >= 0.6 is 15.9 Å². The molecule has 0 aromatic heterocycles. The van der Waals surface area contributed by atoms with Gasteiger partial charge in [0, 0.05) is 0 Å². The van der Waals surface area contributed by atoms with Gasteiger partial charge in [-0.05, 0) is 31.9 Å². The summed E-state index contributed by atoms with van der Waals surface area (Å²) in [7, 11) is 0. The van der Waals surface area contributed by atoms with E-state index in [9.17, 15) is 4.79 Å². The molecule has 1 amide bonds. The number of hydrogen-bond acceptors (Lipinski definition) is 1. The second-order valence-corrected chi connectivity index (χ2v) is 4.34. The van der Waals surface area contributed by atoms with Crippen LogP contribution < -0.4 is 5.32 Å². The molecular formula is C12H16BrNO. The number of halogens is 1. The third-order valence-corrected chi connectivity index (χ3v) is 2.90. The molecule has 1 rings (SSSR count). The molecule has 0 heterocycles. The predicted molar refractivity (Wildman–Crippen MR) is 66.3 cm³/mol. The highest BCUT2D eigenvalue weighted by Crippen LogP contribution is 2.18. The van der Waals surface area contributed by atoms with E-state index in [1.807, 2.05) is 6.92 Å². The van der Waals surface area contributed by atoms with Crippen LogP contribution in [-0.4, -0.2) is 11.2 Å². The van der Waals surface area contributed by atoms with E-state index in [-0.39, 0.29) is 11.9 Å². The summed E-state index contributed by atoms with van der Waals surface area (Å²) in [6.07, 6.45) is 0. The second kappa shape index (κ2) is 5.31. The highest BCUT2D eigenvalue weighted by Gasteiger charge is 2.10. The number of carbonyl (C=O) groups excluding carboxylic acids is 1. The van der Waals surface area contributed by atoms with Crippen molar-refractivity contribution in [1.82, 2.24) is 5.32 Å². The fraction of sp³-hybridized carbons (Fsp3) is 0.417. The molecule has 0 radical (unpaired) electrons. The van der Waals surface area contributed by atoms with Crippen LogP contribution in [0.2, 0.25) is 0 Å². The van der Waals surface area contributed by atoms with E-state index in [0.29, 0.717) is 5.33 Å². The quantitative estimate of drug-likeness (QED) is 0.841. The zero-order valence-corrected chi connectivity index (χ0v) is 10.9. The molecule has 2 nitrogen and oxygen atoms in total. The van der Waals surface area contributed by atoms with Crippen molar-refractivity contribution in [3.05, 3.63) is 34.9 Å². The number of alkyl halides is 1. The first-order chi connectivity index (χ1) is 7.04. The maximum Gasteiger partial charge on any atom is 0.231 e. The van der Waals surface area contributed by atoms with E-state index in [0.717, 1.165) is 0 Å². The Balaban J connectivity index is 2.82. The van der Waals surface area contributed by atoms with Gasteiger partial charge in [0.1, 0.15) is 0 Å². The lowest BCUT2D eigenvalue weighted by Gasteiger charge is -2.16. The van der Waals surface area contributed by atoms with E-state index in [2.05, 4.69) is 53.3 Å². The predicted octanol–water partition coefficient (Wildman–Crippen LogP) is 2.88. The van der Waals surface area contributed by atoms with Crippen molar-refractivity contribution < 1.29 is 4.79 Å². The van der Waals surface area contributed by atoms with E-state index in [1.54, 1.807) is 0 Å². The average Bonchev–Trinajstić information content (AvgIpc) is 2.17. The normalized spacial score (nSPS) is 12.3. The Hall–Kier alpha value is -0.830. The van der Waals surface area contributed by atoms with Crippen LogP contribution in [0.15, 0.2) is 18.2 Å². The van der Waals surface area contributed by atoms with Gasteiger partial charge in [0.15, 0.2) is 0 Å². The Morgan fingerprint density at radius 3 is 2.67 bits per heavy atom. The molecular weight excluding hydrogens is 254 g/mol. The molecule has 0 spiro atoms. The summed E-state index contributed by atoms with van der Waals surface area (Å²) in [6.45, 7) is 6.13. The van der Waals surface area contributed by atoms with Crippen molar-refractivity contribution in [2.24, 2.45) is 0 Å². The minimum Gasteiger partial charge on any atom is -0.349 e. The first-order valence-corrected chi connectivity index (χ1v) is 6.09. The first-order valence-electron chi connectivity index (χ1n) is 4.97. The Labute approximate surface area is 99.2 Å². The topological polar surface area (TPSA) is 29.1 Å². The maximum atomic E-state index is 11.2. The SMILES string of the molecule is Cc1ccc(C(C)NC(=O)CBr)c(C)c1. The highest BCUT2D eigenvalue weighted by atomic mass is 79.9. The van der Waals surface area contributed by atoms with Gasteiger partial charge in [0.05, 0.1) is 11.4 Å². The van der Waals surface area contributed by atoms with Crippen molar-refractivity contribution in [2.45, 2.75) is 26.8 Å². The minimum absolute atomic E-state index is 0.0162. The van der Waals surface area contributed by atoms with Crippen molar-refractivity contribution in [3.63, 3.8) is 0 Å². The van der Waals surface area contributed by atoms with Crippen LogP contribution in [0.5, 0.6) is 0 Å². The molecule has 0 fully saturated rings. The third-order valence-electron chi connectivity index (χ3n) is 2.39. The summed E-state index contributed by atoms with van der Waals surface area (Å²) in [4.78, 5) is 11.2. The van der Waals surface area contributed by atoms with Crippen molar-refractivity contribution in [1.29, 1.82) is 0 Å². The maximum absolute atomic E-state index is 11.2. The summed E-state index contributed by atoms with van der Waals surface area (Å²) in [5.74, 6) is 0.0162. The second-order valence-electron chi connectivity index (χ2n) is 3.78. The number of carbonyl (C=O) groups is 1. The van der Waals surface area contributed by atoms with E-state index in [1.165, 1.54) is 16.7 Å².